The monoisotopic (exact) mass is 377 g/mol. The van der Waals surface area contributed by atoms with Gasteiger partial charge in [-0.15, -0.1) is 0 Å². The molecule has 0 aliphatic rings. The molecule has 0 aliphatic carbocycles. The van der Waals surface area contributed by atoms with E-state index in [1.54, 1.807) is 0 Å². The van der Waals surface area contributed by atoms with Gasteiger partial charge in [0, 0.05) is 19.5 Å². The number of hydrogen-bond donors (Lipinski definition) is 1. The van der Waals surface area contributed by atoms with E-state index in [-0.39, 0.29) is 5.91 Å². The van der Waals surface area contributed by atoms with Crippen LogP contribution in [-0.4, -0.2) is 28.6 Å². The molecule has 2 aromatic carbocycles. The number of imidazole rings is 1. The predicted octanol–water partition coefficient (Wildman–Crippen LogP) is 3.97. The number of para-hydroxylation sites is 3. The predicted molar refractivity (Wildman–Crippen MR) is 113 cm³/mol. The first-order chi connectivity index (χ1) is 13.6. The number of carbonyl (C=O) groups excluding carboxylic acids is 1. The van der Waals surface area contributed by atoms with E-state index in [0.717, 1.165) is 46.7 Å². The van der Waals surface area contributed by atoms with Crippen LogP contribution in [0.2, 0.25) is 0 Å². The molecular formula is C23H27N3O2. The zero-order valence-electron chi connectivity index (χ0n) is 16.6. The van der Waals surface area contributed by atoms with Gasteiger partial charge in [-0.1, -0.05) is 36.9 Å². The van der Waals surface area contributed by atoms with Gasteiger partial charge in [0.2, 0.25) is 5.91 Å². The van der Waals surface area contributed by atoms with Crippen molar-refractivity contribution in [2.45, 2.75) is 33.2 Å². The van der Waals surface area contributed by atoms with Gasteiger partial charge in [0.05, 0.1) is 17.6 Å². The van der Waals surface area contributed by atoms with Crippen molar-refractivity contribution < 1.29 is 9.53 Å². The molecule has 1 heterocycles. The third-order valence-corrected chi connectivity index (χ3v) is 4.75. The lowest BCUT2D eigenvalue weighted by atomic mass is 10.1. The summed E-state index contributed by atoms with van der Waals surface area (Å²) in [6.45, 7) is 9.61. The lowest BCUT2D eigenvalue weighted by molar-refractivity contribution is -0.116. The van der Waals surface area contributed by atoms with Crippen molar-refractivity contribution in [2.75, 3.05) is 13.2 Å². The van der Waals surface area contributed by atoms with E-state index in [1.165, 1.54) is 6.08 Å². The van der Waals surface area contributed by atoms with E-state index in [1.807, 2.05) is 24.3 Å². The molecule has 0 bridgehead atoms. The Labute approximate surface area is 166 Å². The third kappa shape index (κ3) is 4.60. The fourth-order valence-corrected chi connectivity index (χ4v) is 3.36. The summed E-state index contributed by atoms with van der Waals surface area (Å²) in [6.07, 6.45) is 2.83. The van der Waals surface area contributed by atoms with Gasteiger partial charge in [-0.3, -0.25) is 4.79 Å². The fraction of sp³-hybridized carbons (Fsp3) is 0.304. The van der Waals surface area contributed by atoms with Gasteiger partial charge in [-0.25, -0.2) is 4.98 Å². The Morgan fingerprint density at radius 3 is 2.68 bits per heavy atom. The quantitative estimate of drug-likeness (QED) is 0.453. The van der Waals surface area contributed by atoms with Crippen LogP contribution in [0.4, 0.5) is 0 Å². The van der Waals surface area contributed by atoms with E-state index >= 15 is 0 Å². The van der Waals surface area contributed by atoms with Crippen molar-refractivity contribution >= 4 is 16.9 Å². The van der Waals surface area contributed by atoms with E-state index in [0.29, 0.717) is 19.6 Å². The summed E-state index contributed by atoms with van der Waals surface area (Å²) in [5.41, 5.74) is 4.40. The number of benzene rings is 2. The van der Waals surface area contributed by atoms with Gasteiger partial charge < -0.3 is 14.6 Å². The number of nitrogens with one attached hydrogen (secondary N) is 1. The number of amides is 1. The molecule has 0 spiro atoms. The van der Waals surface area contributed by atoms with Gasteiger partial charge in [-0.2, -0.15) is 0 Å². The van der Waals surface area contributed by atoms with E-state index in [2.05, 4.69) is 48.5 Å². The molecule has 5 nitrogen and oxygen atoms in total. The second-order valence-electron chi connectivity index (χ2n) is 6.84. The van der Waals surface area contributed by atoms with Crippen LogP contribution in [0.15, 0.2) is 55.1 Å². The van der Waals surface area contributed by atoms with Crippen LogP contribution in [0.5, 0.6) is 5.75 Å². The van der Waals surface area contributed by atoms with E-state index < -0.39 is 0 Å². The van der Waals surface area contributed by atoms with Crippen LogP contribution in [0.25, 0.3) is 11.0 Å². The molecule has 28 heavy (non-hydrogen) atoms. The minimum atomic E-state index is -0.162. The van der Waals surface area contributed by atoms with Gasteiger partial charge in [0.25, 0.3) is 0 Å². The Balaban J connectivity index is 1.66. The van der Waals surface area contributed by atoms with Crippen molar-refractivity contribution in [2.24, 2.45) is 0 Å². The molecule has 0 radical (unpaired) electrons. The van der Waals surface area contributed by atoms with Crippen molar-refractivity contribution in [1.29, 1.82) is 0 Å². The number of aryl methyl sites for hydroxylation is 3. The zero-order valence-corrected chi connectivity index (χ0v) is 16.6. The van der Waals surface area contributed by atoms with Crippen molar-refractivity contribution in [3.05, 3.63) is 72.1 Å². The number of ether oxygens (including phenoxy) is 1. The van der Waals surface area contributed by atoms with Gasteiger partial charge in [-0.05, 0) is 49.6 Å². The molecule has 0 aliphatic heterocycles. The number of nitrogens with zero attached hydrogens (tertiary/aromatic N) is 2. The lowest BCUT2D eigenvalue weighted by Gasteiger charge is -2.13. The zero-order chi connectivity index (χ0) is 19.9. The molecule has 1 N–H and O–H groups in total. The van der Waals surface area contributed by atoms with Crippen LogP contribution in [0.3, 0.4) is 0 Å². The highest BCUT2D eigenvalue weighted by Gasteiger charge is 2.11. The van der Waals surface area contributed by atoms with Crippen LogP contribution < -0.4 is 10.1 Å². The van der Waals surface area contributed by atoms with Crippen LogP contribution in [0, 0.1) is 13.8 Å². The highest BCUT2D eigenvalue weighted by Crippen LogP contribution is 2.23. The molecule has 1 aromatic heterocycles. The SMILES string of the molecule is C=CC(=O)NCCc1nc2ccccc2n1CCCOc1c(C)cccc1C. The first-order valence-corrected chi connectivity index (χ1v) is 9.63. The third-order valence-electron chi connectivity index (χ3n) is 4.75. The molecule has 0 atom stereocenters. The maximum absolute atomic E-state index is 11.4. The fourth-order valence-electron chi connectivity index (χ4n) is 3.36. The number of rotatable bonds is 9. The maximum atomic E-state index is 11.4. The minimum Gasteiger partial charge on any atom is -0.493 e. The average molecular weight is 377 g/mol. The first kappa shape index (κ1) is 19.7. The summed E-state index contributed by atoms with van der Waals surface area (Å²) in [4.78, 5) is 16.1. The number of hydrogen-bond acceptors (Lipinski definition) is 3. The smallest absolute Gasteiger partial charge is 0.243 e. The van der Waals surface area contributed by atoms with Crippen LogP contribution in [-0.2, 0) is 17.8 Å². The molecule has 0 unspecified atom stereocenters. The van der Waals surface area contributed by atoms with Crippen molar-refractivity contribution in [3.63, 3.8) is 0 Å². The standard InChI is InChI=1S/C23H27N3O2/c1-4-22(27)24-14-13-21-25-19-11-5-6-12-20(19)26(21)15-8-16-28-23-17(2)9-7-10-18(23)3/h4-7,9-12H,1,8,13-16H2,2-3H3,(H,24,27). The molecule has 0 saturated carbocycles. The summed E-state index contributed by atoms with van der Waals surface area (Å²) in [5.74, 6) is 1.78. The average Bonchev–Trinajstić information content (AvgIpc) is 3.04. The van der Waals surface area contributed by atoms with Crippen molar-refractivity contribution in [3.8, 4) is 5.75 Å². The number of carbonyl (C=O) groups is 1. The Bertz CT molecular complexity index is 955. The Morgan fingerprint density at radius 2 is 1.93 bits per heavy atom. The number of fused-ring (bicyclic) bond motifs is 1. The summed E-state index contributed by atoms with van der Waals surface area (Å²) in [6, 6.07) is 14.3. The molecule has 1 amide bonds. The molecule has 0 saturated heterocycles. The second-order valence-corrected chi connectivity index (χ2v) is 6.84. The lowest BCUT2D eigenvalue weighted by Crippen LogP contribution is -2.24. The summed E-state index contributed by atoms with van der Waals surface area (Å²) >= 11 is 0. The number of aromatic nitrogens is 2. The molecule has 3 rings (SSSR count). The second kappa shape index (κ2) is 9.22. The summed E-state index contributed by atoms with van der Waals surface area (Å²) in [5, 5.41) is 2.82. The molecule has 146 valence electrons. The normalized spacial score (nSPS) is 10.8. The maximum Gasteiger partial charge on any atom is 0.243 e. The van der Waals surface area contributed by atoms with Crippen molar-refractivity contribution in [1.82, 2.24) is 14.9 Å². The van der Waals surface area contributed by atoms with Crippen LogP contribution >= 0.6 is 0 Å². The topological polar surface area (TPSA) is 56.2 Å². The van der Waals surface area contributed by atoms with Gasteiger partial charge in [0.1, 0.15) is 11.6 Å². The summed E-state index contributed by atoms with van der Waals surface area (Å²) in [7, 11) is 0. The molecule has 0 fully saturated rings. The largest absolute Gasteiger partial charge is 0.493 e. The molecular weight excluding hydrogens is 350 g/mol. The van der Waals surface area contributed by atoms with Gasteiger partial charge >= 0.3 is 0 Å². The Kier molecular flexibility index (Phi) is 6.48. The Hall–Kier alpha value is -3.08. The summed E-state index contributed by atoms with van der Waals surface area (Å²) < 4.78 is 8.27. The van der Waals surface area contributed by atoms with Gasteiger partial charge in [0.15, 0.2) is 0 Å². The first-order valence-electron chi connectivity index (χ1n) is 9.63. The van der Waals surface area contributed by atoms with E-state index in [4.69, 9.17) is 9.72 Å². The highest BCUT2D eigenvalue weighted by atomic mass is 16.5. The molecule has 3 aromatic rings. The van der Waals surface area contributed by atoms with Crippen LogP contribution in [0.1, 0.15) is 23.4 Å². The molecule has 5 heteroatoms. The minimum absolute atomic E-state index is 0.162. The highest BCUT2D eigenvalue weighted by molar-refractivity contribution is 5.86. The van der Waals surface area contributed by atoms with E-state index in [9.17, 15) is 4.79 Å². The Morgan fingerprint density at radius 1 is 1.18 bits per heavy atom.